The van der Waals surface area contributed by atoms with Crippen molar-refractivity contribution in [2.24, 2.45) is 11.3 Å². The van der Waals surface area contributed by atoms with Crippen LogP contribution < -0.4 is 16.0 Å². The molecule has 0 aliphatic heterocycles. The summed E-state index contributed by atoms with van der Waals surface area (Å²) in [6, 6.07) is 2.62. The number of urea groups is 1. The summed E-state index contributed by atoms with van der Waals surface area (Å²) in [7, 11) is 0. The second-order valence-electron chi connectivity index (χ2n) is 7.93. The number of carboxylic acids is 1. The first-order valence-electron chi connectivity index (χ1n) is 9.57. The van der Waals surface area contributed by atoms with Crippen LogP contribution in [0.1, 0.15) is 44.5 Å². The molecule has 0 saturated heterocycles. The van der Waals surface area contributed by atoms with Crippen molar-refractivity contribution in [3.05, 3.63) is 46.0 Å². The van der Waals surface area contributed by atoms with E-state index in [4.69, 9.17) is 23.2 Å². The quantitative estimate of drug-likeness (QED) is 0.418. The lowest BCUT2D eigenvalue weighted by Gasteiger charge is -2.29. The number of carbonyl (C=O) groups is 3. The van der Waals surface area contributed by atoms with E-state index in [0.29, 0.717) is 6.54 Å². The van der Waals surface area contributed by atoms with E-state index in [-0.39, 0.29) is 33.5 Å². The summed E-state index contributed by atoms with van der Waals surface area (Å²) in [6.45, 7) is 12.4. The van der Waals surface area contributed by atoms with Gasteiger partial charge in [0.1, 0.15) is 6.04 Å². The lowest BCUT2D eigenvalue weighted by molar-refractivity contribution is -0.139. The van der Waals surface area contributed by atoms with Gasteiger partial charge in [0, 0.05) is 6.54 Å². The molecule has 7 nitrogen and oxygen atoms in total. The van der Waals surface area contributed by atoms with Crippen molar-refractivity contribution in [3.63, 3.8) is 0 Å². The largest absolute Gasteiger partial charge is 0.480 e. The number of amides is 3. The molecule has 1 aromatic carbocycles. The standard InChI is InChI=1S/C21H29Cl2N3O4/c1-6-13(12(2)21(3,4)5)10-24-20(30)25-11-16(19(28)29)26-18(27)17-14(22)8-7-9-15(17)23/h7-9,13,16H,2,6,10-11H2,1,3-5H3,(H,26,27)(H,28,29)(H2,24,25,30). The lowest BCUT2D eigenvalue weighted by atomic mass is 9.79. The fourth-order valence-electron chi connectivity index (χ4n) is 2.74. The van der Waals surface area contributed by atoms with Gasteiger partial charge in [0.15, 0.2) is 0 Å². The highest BCUT2D eigenvalue weighted by molar-refractivity contribution is 6.39. The Morgan fingerprint density at radius 2 is 1.63 bits per heavy atom. The first-order valence-corrected chi connectivity index (χ1v) is 10.3. The van der Waals surface area contributed by atoms with Crippen molar-refractivity contribution in [3.8, 4) is 0 Å². The van der Waals surface area contributed by atoms with Gasteiger partial charge >= 0.3 is 12.0 Å². The Hall–Kier alpha value is -2.25. The molecule has 4 N–H and O–H groups in total. The number of benzene rings is 1. The van der Waals surface area contributed by atoms with Crippen LogP contribution in [0.2, 0.25) is 10.0 Å². The van der Waals surface area contributed by atoms with E-state index in [9.17, 15) is 19.5 Å². The molecule has 0 heterocycles. The van der Waals surface area contributed by atoms with E-state index >= 15 is 0 Å². The van der Waals surface area contributed by atoms with Crippen LogP contribution in [-0.4, -0.2) is 42.1 Å². The zero-order valence-electron chi connectivity index (χ0n) is 17.6. The third-order valence-electron chi connectivity index (χ3n) is 4.72. The Kier molecular flexibility index (Phi) is 9.65. The molecule has 1 rings (SSSR count). The van der Waals surface area contributed by atoms with Gasteiger partial charge in [0.25, 0.3) is 5.91 Å². The third-order valence-corrected chi connectivity index (χ3v) is 5.35. The molecule has 0 aliphatic rings. The monoisotopic (exact) mass is 457 g/mol. The van der Waals surface area contributed by atoms with E-state index in [2.05, 4.69) is 43.3 Å². The normalized spacial score (nSPS) is 13.1. The zero-order valence-corrected chi connectivity index (χ0v) is 19.2. The molecular formula is C21H29Cl2N3O4. The number of carboxylic acid groups (broad SMARTS) is 1. The van der Waals surface area contributed by atoms with Gasteiger partial charge in [-0.15, -0.1) is 0 Å². The van der Waals surface area contributed by atoms with Gasteiger partial charge in [0.05, 0.1) is 22.2 Å². The number of hydrogen-bond acceptors (Lipinski definition) is 3. The Balaban J connectivity index is 2.66. The van der Waals surface area contributed by atoms with Gasteiger partial charge in [-0.3, -0.25) is 4.79 Å². The summed E-state index contributed by atoms with van der Waals surface area (Å²) in [4.78, 5) is 36.0. The smallest absolute Gasteiger partial charge is 0.328 e. The molecule has 2 unspecified atom stereocenters. The number of carbonyl (C=O) groups excluding carboxylic acids is 2. The second kappa shape index (κ2) is 11.2. The maximum absolute atomic E-state index is 12.4. The number of rotatable bonds is 9. The molecule has 0 aliphatic carbocycles. The van der Waals surface area contributed by atoms with Crippen LogP contribution in [0.4, 0.5) is 4.79 Å². The Morgan fingerprint density at radius 3 is 2.10 bits per heavy atom. The van der Waals surface area contributed by atoms with E-state index < -0.39 is 23.9 Å². The minimum absolute atomic E-state index is 0.0250. The van der Waals surface area contributed by atoms with Crippen molar-refractivity contribution < 1.29 is 19.5 Å². The average molecular weight is 458 g/mol. The maximum Gasteiger partial charge on any atom is 0.328 e. The van der Waals surface area contributed by atoms with Crippen molar-refractivity contribution in [1.82, 2.24) is 16.0 Å². The van der Waals surface area contributed by atoms with Gasteiger partial charge in [0.2, 0.25) is 0 Å². The Labute approximate surface area is 187 Å². The molecule has 0 spiro atoms. The molecule has 0 radical (unpaired) electrons. The fraction of sp³-hybridized carbons (Fsp3) is 0.476. The second-order valence-corrected chi connectivity index (χ2v) is 8.75. The van der Waals surface area contributed by atoms with Crippen molar-refractivity contribution in [1.29, 1.82) is 0 Å². The van der Waals surface area contributed by atoms with Crippen molar-refractivity contribution in [2.45, 2.75) is 40.2 Å². The molecule has 3 amide bonds. The van der Waals surface area contributed by atoms with Gasteiger partial charge in [-0.1, -0.05) is 69.1 Å². The van der Waals surface area contributed by atoms with Crippen molar-refractivity contribution in [2.75, 3.05) is 13.1 Å². The first kappa shape index (κ1) is 25.8. The minimum atomic E-state index is -1.36. The maximum atomic E-state index is 12.4. The van der Waals surface area contributed by atoms with Crippen LogP contribution in [0.25, 0.3) is 0 Å². The van der Waals surface area contributed by atoms with Crippen LogP contribution in [0.3, 0.4) is 0 Å². The van der Waals surface area contributed by atoms with Crippen molar-refractivity contribution >= 4 is 41.1 Å². The molecule has 0 saturated carbocycles. The first-order chi connectivity index (χ1) is 13.9. The molecular weight excluding hydrogens is 429 g/mol. The van der Waals surface area contributed by atoms with E-state index in [0.717, 1.165) is 12.0 Å². The highest BCUT2D eigenvalue weighted by Crippen LogP contribution is 2.31. The third kappa shape index (κ3) is 7.54. The topological polar surface area (TPSA) is 108 Å². The summed E-state index contributed by atoms with van der Waals surface area (Å²) >= 11 is 12.0. The Bertz CT molecular complexity index is 786. The predicted molar refractivity (Wildman–Crippen MR) is 119 cm³/mol. The predicted octanol–water partition coefficient (Wildman–Crippen LogP) is 4.10. The van der Waals surface area contributed by atoms with Crippen LogP contribution in [0.15, 0.2) is 30.4 Å². The van der Waals surface area contributed by atoms with E-state index in [1.165, 1.54) is 12.1 Å². The molecule has 30 heavy (non-hydrogen) atoms. The lowest BCUT2D eigenvalue weighted by Crippen LogP contribution is -2.50. The van der Waals surface area contributed by atoms with E-state index in [1.54, 1.807) is 6.07 Å². The Morgan fingerprint density at radius 1 is 1.10 bits per heavy atom. The summed E-state index contributed by atoms with van der Waals surface area (Å²) in [5.41, 5.74) is 0.915. The summed E-state index contributed by atoms with van der Waals surface area (Å²) in [5.74, 6) is -1.96. The van der Waals surface area contributed by atoms with Gasteiger partial charge in [-0.05, 0) is 29.9 Å². The summed E-state index contributed by atoms with van der Waals surface area (Å²) < 4.78 is 0. The molecule has 0 bridgehead atoms. The molecule has 9 heteroatoms. The summed E-state index contributed by atoms with van der Waals surface area (Å²) in [5, 5.41) is 17.1. The van der Waals surface area contributed by atoms with E-state index in [1.807, 2.05) is 6.92 Å². The highest BCUT2D eigenvalue weighted by atomic mass is 35.5. The summed E-state index contributed by atoms with van der Waals surface area (Å²) in [6.07, 6.45) is 0.808. The minimum Gasteiger partial charge on any atom is -0.480 e. The SMILES string of the molecule is C=C(C(CC)CNC(=O)NCC(NC(=O)c1c(Cl)cccc1Cl)C(=O)O)C(C)(C)C. The van der Waals surface area contributed by atoms with Crippen LogP contribution in [0, 0.1) is 11.3 Å². The molecule has 1 aromatic rings. The number of aliphatic carboxylic acids is 1. The molecule has 2 atom stereocenters. The van der Waals surface area contributed by atoms with Crippen LogP contribution in [0.5, 0.6) is 0 Å². The molecule has 166 valence electrons. The van der Waals surface area contributed by atoms with Crippen LogP contribution >= 0.6 is 23.2 Å². The van der Waals surface area contributed by atoms with Gasteiger partial charge in [-0.2, -0.15) is 0 Å². The average Bonchev–Trinajstić information content (AvgIpc) is 2.64. The molecule has 0 fully saturated rings. The van der Waals surface area contributed by atoms with Gasteiger partial charge < -0.3 is 21.1 Å². The number of halogens is 2. The zero-order chi connectivity index (χ0) is 23.1. The van der Waals surface area contributed by atoms with Gasteiger partial charge in [-0.25, -0.2) is 9.59 Å². The highest BCUT2D eigenvalue weighted by Gasteiger charge is 2.25. The number of hydrogen-bond donors (Lipinski definition) is 4. The molecule has 0 aromatic heterocycles. The number of nitrogens with one attached hydrogen (secondary N) is 3. The van der Waals surface area contributed by atoms with Crippen LogP contribution in [-0.2, 0) is 4.79 Å². The fourth-order valence-corrected chi connectivity index (χ4v) is 3.31.